The summed E-state index contributed by atoms with van der Waals surface area (Å²) in [5, 5.41) is 4.28. The summed E-state index contributed by atoms with van der Waals surface area (Å²) < 4.78 is 27.9. The van der Waals surface area contributed by atoms with Gasteiger partial charge in [-0.1, -0.05) is 13.8 Å². The number of rotatable bonds is 5. The van der Waals surface area contributed by atoms with E-state index in [-0.39, 0.29) is 11.7 Å². The standard InChI is InChI=1S/C14H20N4O2S/c1-10(2)9-21(19,20)17-12-4-6-13(7-5-12)18-14(15)8-11(3)16-18/h4-8,10,17H,9,15H2,1-3H3. The summed E-state index contributed by atoms with van der Waals surface area (Å²) in [4.78, 5) is 0. The molecule has 2 aromatic rings. The highest BCUT2D eigenvalue weighted by Gasteiger charge is 2.13. The van der Waals surface area contributed by atoms with Crippen molar-refractivity contribution < 1.29 is 8.42 Å². The van der Waals surface area contributed by atoms with Gasteiger partial charge in [-0.2, -0.15) is 5.10 Å². The number of aromatic nitrogens is 2. The maximum Gasteiger partial charge on any atom is 0.232 e. The second kappa shape index (κ2) is 5.77. The fraction of sp³-hybridized carbons (Fsp3) is 0.357. The van der Waals surface area contributed by atoms with Crippen molar-refractivity contribution in [1.29, 1.82) is 0 Å². The number of nitrogen functional groups attached to an aromatic ring is 1. The zero-order chi connectivity index (χ0) is 15.6. The summed E-state index contributed by atoms with van der Waals surface area (Å²) in [5.74, 6) is 0.717. The van der Waals surface area contributed by atoms with Crippen LogP contribution in [0.25, 0.3) is 5.69 Å². The van der Waals surface area contributed by atoms with Crippen molar-refractivity contribution in [2.45, 2.75) is 20.8 Å². The van der Waals surface area contributed by atoms with Gasteiger partial charge in [-0.15, -0.1) is 0 Å². The Bertz CT molecular complexity index is 718. The third kappa shape index (κ3) is 3.98. The Morgan fingerprint density at radius 1 is 1.29 bits per heavy atom. The van der Waals surface area contributed by atoms with Gasteiger partial charge in [0, 0.05) is 11.8 Å². The third-order valence-corrected chi connectivity index (χ3v) is 4.45. The maximum atomic E-state index is 11.9. The zero-order valence-electron chi connectivity index (χ0n) is 12.4. The van der Waals surface area contributed by atoms with E-state index in [1.807, 2.05) is 20.8 Å². The van der Waals surface area contributed by atoms with Gasteiger partial charge in [0.1, 0.15) is 5.82 Å². The second-order valence-corrected chi connectivity index (χ2v) is 7.21. The summed E-state index contributed by atoms with van der Waals surface area (Å²) in [7, 11) is -3.31. The first kappa shape index (κ1) is 15.4. The Labute approximate surface area is 125 Å². The van der Waals surface area contributed by atoms with E-state index >= 15 is 0 Å². The molecule has 0 radical (unpaired) electrons. The minimum absolute atomic E-state index is 0.0774. The quantitative estimate of drug-likeness (QED) is 0.885. The van der Waals surface area contributed by atoms with Gasteiger partial charge in [0.25, 0.3) is 0 Å². The molecule has 1 aromatic heterocycles. The number of aryl methyl sites for hydroxylation is 1. The SMILES string of the molecule is Cc1cc(N)n(-c2ccc(NS(=O)(=O)CC(C)C)cc2)n1. The van der Waals surface area contributed by atoms with Crippen LogP contribution in [-0.4, -0.2) is 24.0 Å². The Balaban J connectivity index is 2.18. The highest BCUT2D eigenvalue weighted by molar-refractivity contribution is 7.92. The van der Waals surface area contributed by atoms with Crippen LogP contribution in [0.2, 0.25) is 0 Å². The van der Waals surface area contributed by atoms with Gasteiger partial charge in [0.05, 0.1) is 17.1 Å². The number of nitrogens with one attached hydrogen (secondary N) is 1. The average Bonchev–Trinajstić information content (AvgIpc) is 2.67. The molecule has 3 N–H and O–H groups in total. The molecular weight excluding hydrogens is 288 g/mol. The largest absolute Gasteiger partial charge is 0.384 e. The smallest absolute Gasteiger partial charge is 0.232 e. The molecule has 1 aromatic carbocycles. The molecule has 0 atom stereocenters. The lowest BCUT2D eigenvalue weighted by atomic mass is 10.3. The van der Waals surface area contributed by atoms with Crippen LogP contribution >= 0.6 is 0 Å². The van der Waals surface area contributed by atoms with Gasteiger partial charge >= 0.3 is 0 Å². The zero-order valence-corrected chi connectivity index (χ0v) is 13.2. The monoisotopic (exact) mass is 308 g/mol. The molecule has 0 unspecified atom stereocenters. The predicted molar refractivity (Wildman–Crippen MR) is 85.0 cm³/mol. The first-order valence-electron chi connectivity index (χ1n) is 6.70. The van der Waals surface area contributed by atoms with Crippen LogP contribution in [0.15, 0.2) is 30.3 Å². The number of benzene rings is 1. The number of sulfonamides is 1. The van der Waals surface area contributed by atoms with Crippen molar-refractivity contribution >= 4 is 21.5 Å². The number of hydrogen-bond donors (Lipinski definition) is 2. The number of hydrogen-bond acceptors (Lipinski definition) is 4. The van der Waals surface area contributed by atoms with Crippen LogP contribution < -0.4 is 10.5 Å². The van der Waals surface area contributed by atoms with Crippen molar-refractivity contribution in [3.05, 3.63) is 36.0 Å². The van der Waals surface area contributed by atoms with E-state index in [1.54, 1.807) is 35.0 Å². The summed E-state index contributed by atoms with van der Waals surface area (Å²) >= 11 is 0. The summed E-state index contributed by atoms with van der Waals surface area (Å²) in [6.45, 7) is 5.59. The van der Waals surface area contributed by atoms with Gasteiger partial charge in [-0.25, -0.2) is 13.1 Å². The van der Waals surface area contributed by atoms with Crippen molar-refractivity contribution in [2.75, 3.05) is 16.2 Å². The highest BCUT2D eigenvalue weighted by Crippen LogP contribution is 2.18. The molecule has 0 aliphatic rings. The molecule has 0 bridgehead atoms. The van der Waals surface area contributed by atoms with E-state index in [4.69, 9.17) is 5.73 Å². The molecule has 1 heterocycles. The molecule has 6 nitrogen and oxygen atoms in total. The van der Waals surface area contributed by atoms with Crippen molar-refractivity contribution in [2.24, 2.45) is 5.92 Å². The molecule has 114 valence electrons. The van der Waals surface area contributed by atoms with Crippen LogP contribution in [-0.2, 0) is 10.0 Å². The van der Waals surface area contributed by atoms with Gasteiger partial charge in [-0.05, 0) is 37.1 Å². The van der Waals surface area contributed by atoms with Crippen LogP contribution in [0.5, 0.6) is 0 Å². The molecule has 21 heavy (non-hydrogen) atoms. The van der Waals surface area contributed by atoms with Crippen molar-refractivity contribution in [3.63, 3.8) is 0 Å². The van der Waals surface area contributed by atoms with Gasteiger partial charge in [0.2, 0.25) is 10.0 Å². The molecule has 2 rings (SSSR count). The van der Waals surface area contributed by atoms with E-state index in [2.05, 4.69) is 9.82 Å². The summed E-state index contributed by atoms with van der Waals surface area (Å²) in [6, 6.07) is 8.72. The van der Waals surface area contributed by atoms with E-state index < -0.39 is 10.0 Å². The Morgan fingerprint density at radius 3 is 2.38 bits per heavy atom. The minimum Gasteiger partial charge on any atom is -0.384 e. The lowest BCUT2D eigenvalue weighted by molar-refractivity contribution is 0.587. The molecule has 0 aliphatic carbocycles. The van der Waals surface area contributed by atoms with E-state index in [0.29, 0.717) is 11.5 Å². The number of nitrogens with two attached hydrogens (primary N) is 1. The Hall–Kier alpha value is -2.02. The maximum absolute atomic E-state index is 11.9. The van der Waals surface area contributed by atoms with Crippen LogP contribution in [0.3, 0.4) is 0 Å². The van der Waals surface area contributed by atoms with Gasteiger partial charge < -0.3 is 5.73 Å². The molecule has 0 fully saturated rings. The van der Waals surface area contributed by atoms with Gasteiger partial charge in [0.15, 0.2) is 0 Å². The molecule has 0 spiro atoms. The average molecular weight is 308 g/mol. The van der Waals surface area contributed by atoms with Crippen molar-refractivity contribution in [3.8, 4) is 5.69 Å². The summed E-state index contributed by atoms with van der Waals surface area (Å²) in [5.41, 5.74) is 8.00. The van der Waals surface area contributed by atoms with E-state index in [9.17, 15) is 8.42 Å². The molecule has 0 amide bonds. The van der Waals surface area contributed by atoms with Crippen LogP contribution in [0.4, 0.5) is 11.5 Å². The van der Waals surface area contributed by atoms with Crippen LogP contribution in [0.1, 0.15) is 19.5 Å². The molecule has 0 saturated carbocycles. The molecule has 7 heteroatoms. The predicted octanol–water partition coefficient (Wildman–Crippen LogP) is 2.16. The van der Waals surface area contributed by atoms with Gasteiger partial charge in [-0.3, -0.25) is 4.72 Å². The normalized spacial score (nSPS) is 11.8. The first-order chi connectivity index (χ1) is 9.77. The van der Waals surface area contributed by atoms with Crippen LogP contribution in [0, 0.1) is 12.8 Å². The molecule has 0 saturated heterocycles. The van der Waals surface area contributed by atoms with Crippen molar-refractivity contribution in [1.82, 2.24) is 9.78 Å². The summed E-state index contributed by atoms with van der Waals surface area (Å²) in [6.07, 6.45) is 0. The number of anilines is 2. The topological polar surface area (TPSA) is 90.0 Å². The lowest BCUT2D eigenvalue weighted by Crippen LogP contribution is -2.20. The van der Waals surface area contributed by atoms with E-state index in [0.717, 1.165) is 11.4 Å². The fourth-order valence-corrected chi connectivity index (χ4v) is 3.51. The fourth-order valence-electron chi connectivity index (χ4n) is 2.06. The molecular formula is C14H20N4O2S. The third-order valence-electron chi connectivity index (χ3n) is 2.80. The first-order valence-corrected chi connectivity index (χ1v) is 8.35. The lowest BCUT2D eigenvalue weighted by Gasteiger charge is -2.10. The second-order valence-electron chi connectivity index (χ2n) is 5.45. The number of nitrogens with zero attached hydrogens (tertiary/aromatic N) is 2. The van der Waals surface area contributed by atoms with E-state index in [1.165, 1.54) is 0 Å². The highest BCUT2D eigenvalue weighted by atomic mass is 32.2. The molecule has 0 aliphatic heterocycles. The minimum atomic E-state index is -3.31. The Kier molecular flexibility index (Phi) is 4.22. The Morgan fingerprint density at radius 2 is 1.90 bits per heavy atom.